The number of fused-ring (bicyclic) bond motifs is 1. The highest BCUT2D eigenvalue weighted by Gasteiger charge is 2.13. The summed E-state index contributed by atoms with van der Waals surface area (Å²) in [6, 6.07) is 15.4. The van der Waals surface area contributed by atoms with Gasteiger partial charge in [-0.1, -0.05) is 47.1 Å². The van der Waals surface area contributed by atoms with Crippen LogP contribution in [-0.4, -0.2) is 25.1 Å². The number of phenols is 1. The van der Waals surface area contributed by atoms with Crippen LogP contribution in [0.25, 0.3) is 27.8 Å². The van der Waals surface area contributed by atoms with Crippen molar-refractivity contribution in [2.75, 3.05) is 0 Å². The number of aromatic nitrogens is 4. The Morgan fingerprint density at radius 3 is 2.50 bits per heavy atom. The molecule has 2 heterocycles. The first-order valence-electron chi connectivity index (χ1n) is 8.34. The molecule has 4 aromatic rings. The van der Waals surface area contributed by atoms with Gasteiger partial charge in [0.2, 0.25) is 0 Å². The number of benzene rings is 2. The molecule has 0 bridgehead atoms. The van der Waals surface area contributed by atoms with E-state index in [-0.39, 0.29) is 11.7 Å². The molecule has 0 aliphatic rings. The number of rotatable bonds is 3. The fraction of sp³-hybridized carbons (Fsp3) is 0.150. The van der Waals surface area contributed by atoms with Crippen LogP contribution in [0.5, 0.6) is 5.75 Å². The minimum atomic E-state index is 0.166. The van der Waals surface area contributed by atoms with Crippen LogP contribution in [0.2, 0.25) is 0 Å². The SMILES string of the molecule is CC(C)c1ccc2c(-n3cc(-c4ccc(Br)cc4)nn3)ccc(O)c2n1. The molecule has 0 atom stereocenters. The second-order valence-corrected chi connectivity index (χ2v) is 7.36. The van der Waals surface area contributed by atoms with E-state index in [0.29, 0.717) is 5.52 Å². The van der Waals surface area contributed by atoms with E-state index in [1.807, 2.05) is 48.7 Å². The Kier molecular flexibility index (Phi) is 4.20. The van der Waals surface area contributed by atoms with Gasteiger partial charge in [-0.05, 0) is 42.3 Å². The lowest BCUT2D eigenvalue weighted by Gasteiger charge is -2.10. The van der Waals surface area contributed by atoms with E-state index >= 15 is 0 Å². The number of nitrogens with zero attached hydrogens (tertiary/aromatic N) is 4. The molecule has 0 radical (unpaired) electrons. The summed E-state index contributed by atoms with van der Waals surface area (Å²) < 4.78 is 2.74. The average molecular weight is 409 g/mol. The van der Waals surface area contributed by atoms with E-state index in [2.05, 4.69) is 45.1 Å². The number of halogens is 1. The van der Waals surface area contributed by atoms with Gasteiger partial charge in [-0.2, -0.15) is 0 Å². The van der Waals surface area contributed by atoms with Crippen LogP contribution in [0.1, 0.15) is 25.5 Å². The van der Waals surface area contributed by atoms with Crippen molar-refractivity contribution in [3.8, 4) is 22.7 Å². The van der Waals surface area contributed by atoms with Crippen LogP contribution in [0.3, 0.4) is 0 Å². The molecule has 2 aromatic heterocycles. The van der Waals surface area contributed by atoms with Gasteiger partial charge in [0.1, 0.15) is 17.0 Å². The molecule has 2 aromatic carbocycles. The highest BCUT2D eigenvalue weighted by molar-refractivity contribution is 9.10. The first-order chi connectivity index (χ1) is 12.5. The fourth-order valence-electron chi connectivity index (χ4n) is 2.86. The van der Waals surface area contributed by atoms with Crippen molar-refractivity contribution >= 4 is 26.8 Å². The van der Waals surface area contributed by atoms with Crippen molar-refractivity contribution < 1.29 is 5.11 Å². The van der Waals surface area contributed by atoms with Crippen LogP contribution in [-0.2, 0) is 0 Å². The molecule has 1 N–H and O–H groups in total. The number of pyridine rings is 1. The maximum absolute atomic E-state index is 10.2. The van der Waals surface area contributed by atoms with Crippen molar-refractivity contribution in [2.24, 2.45) is 0 Å². The Hall–Kier alpha value is -2.73. The summed E-state index contributed by atoms with van der Waals surface area (Å²) in [5.74, 6) is 0.456. The second-order valence-electron chi connectivity index (χ2n) is 6.45. The molecule has 0 spiro atoms. The molecule has 26 heavy (non-hydrogen) atoms. The third-order valence-corrected chi connectivity index (χ3v) is 4.83. The summed E-state index contributed by atoms with van der Waals surface area (Å²) >= 11 is 3.44. The van der Waals surface area contributed by atoms with Crippen molar-refractivity contribution in [3.63, 3.8) is 0 Å². The van der Waals surface area contributed by atoms with E-state index in [9.17, 15) is 5.11 Å². The van der Waals surface area contributed by atoms with Crippen molar-refractivity contribution in [3.05, 3.63) is 64.9 Å². The predicted octanol–water partition coefficient (Wildman–Crippen LogP) is 5.07. The van der Waals surface area contributed by atoms with E-state index < -0.39 is 0 Å². The predicted molar refractivity (Wildman–Crippen MR) is 106 cm³/mol. The second kappa shape index (κ2) is 6.53. The van der Waals surface area contributed by atoms with Gasteiger partial charge in [0.25, 0.3) is 0 Å². The van der Waals surface area contributed by atoms with E-state index in [1.54, 1.807) is 10.7 Å². The van der Waals surface area contributed by atoms with Crippen molar-refractivity contribution in [2.45, 2.75) is 19.8 Å². The van der Waals surface area contributed by atoms with Crippen molar-refractivity contribution in [1.29, 1.82) is 0 Å². The van der Waals surface area contributed by atoms with Crippen LogP contribution in [0, 0.1) is 0 Å². The molecule has 0 unspecified atom stereocenters. The quantitative estimate of drug-likeness (QED) is 0.513. The third kappa shape index (κ3) is 2.97. The molecular formula is C20H17BrN4O. The maximum Gasteiger partial charge on any atom is 0.141 e. The molecule has 0 saturated carbocycles. The molecule has 0 aliphatic carbocycles. The first-order valence-corrected chi connectivity index (χ1v) is 9.13. The van der Waals surface area contributed by atoms with Gasteiger partial charge >= 0.3 is 0 Å². The standard InChI is InChI=1S/C20H17BrN4O/c1-12(2)16-8-7-15-18(9-10-19(26)20(15)22-16)25-11-17(23-24-25)13-3-5-14(21)6-4-13/h3-12,26H,1-2H3. The lowest BCUT2D eigenvalue weighted by atomic mass is 10.1. The molecular weight excluding hydrogens is 392 g/mol. The Morgan fingerprint density at radius 2 is 1.77 bits per heavy atom. The van der Waals surface area contributed by atoms with E-state index in [0.717, 1.165) is 32.5 Å². The van der Waals surface area contributed by atoms with Gasteiger partial charge in [-0.15, -0.1) is 5.10 Å². The number of hydrogen-bond acceptors (Lipinski definition) is 4. The molecule has 5 nitrogen and oxygen atoms in total. The lowest BCUT2D eigenvalue weighted by Crippen LogP contribution is -1.99. The maximum atomic E-state index is 10.2. The first kappa shape index (κ1) is 16.7. The minimum Gasteiger partial charge on any atom is -0.506 e. The summed E-state index contributed by atoms with van der Waals surface area (Å²) in [7, 11) is 0. The van der Waals surface area contributed by atoms with Crippen LogP contribution >= 0.6 is 15.9 Å². The molecule has 130 valence electrons. The van der Waals surface area contributed by atoms with Crippen molar-refractivity contribution in [1.82, 2.24) is 20.0 Å². The number of phenolic OH excluding ortho intramolecular Hbond substituents is 1. The minimum absolute atomic E-state index is 0.166. The Morgan fingerprint density at radius 1 is 1.00 bits per heavy atom. The zero-order chi connectivity index (χ0) is 18.3. The summed E-state index contributed by atoms with van der Waals surface area (Å²) in [6.07, 6.45) is 1.88. The molecule has 0 aliphatic heterocycles. The normalized spacial score (nSPS) is 11.4. The van der Waals surface area contributed by atoms with Crippen LogP contribution in [0.4, 0.5) is 0 Å². The highest BCUT2D eigenvalue weighted by atomic mass is 79.9. The molecule has 0 amide bonds. The van der Waals surface area contributed by atoms with Gasteiger partial charge in [0, 0.05) is 21.1 Å². The number of hydrogen-bond donors (Lipinski definition) is 1. The zero-order valence-electron chi connectivity index (χ0n) is 14.4. The van der Waals surface area contributed by atoms with E-state index in [4.69, 9.17) is 0 Å². The lowest BCUT2D eigenvalue weighted by molar-refractivity contribution is 0.480. The van der Waals surface area contributed by atoms with Gasteiger partial charge in [0.05, 0.1) is 11.9 Å². The summed E-state index contributed by atoms with van der Waals surface area (Å²) in [5.41, 5.74) is 4.12. The largest absolute Gasteiger partial charge is 0.506 e. The van der Waals surface area contributed by atoms with Gasteiger partial charge in [-0.3, -0.25) is 0 Å². The van der Waals surface area contributed by atoms with Gasteiger partial charge in [-0.25, -0.2) is 9.67 Å². The monoisotopic (exact) mass is 408 g/mol. The van der Waals surface area contributed by atoms with Crippen LogP contribution in [0.15, 0.2) is 59.2 Å². The topological polar surface area (TPSA) is 63.8 Å². The average Bonchev–Trinajstić information content (AvgIpc) is 3.12. The molecule has 0 saturated heterocycles. The summed E-state index contributed by atoms with van der Waals surface area (Å²) in [4.78, 5) is 4.62. The van der Waals surface area contributed by atoms with Gasteiger partial charge < -0.3 is 5.11 Å². The Labute approximate surface area is 159 Å². The zero-order valence-corrected chi connectivity index (χ0v) is 16.0. The summed E-state index contributed by atoms with van der Waals surface area (Å²) in [6.45, 7) is 4.16. The van der Waals surface area contributed by atoms with E-state index in [1.165, 1.54) is 0 Å². The third-order valence-electron chi connectivity index (χ3n) is 4.31. The molecule has 6 heteroatoms. The van der Waals surface area contributed by atoms with Crippen LogP contribution < -0.4 is 0 Å². The number of aromatic hydroxyl groups is 1. The Balaban J connectivity index is 1.82. The summed E-state index contributed by atoms with van der Waals surface area (Å²) in [5, 5.41) is 19.6. The van der Waals surface area contributed by atoms with Gasteiger partial charge in [0.15, 0.2) is 0 Å². The highest BCUT2D eigenvalue weighted by Crippen LogP contribution is 2.30. The Bertz CT molecular complexity index is 1090. The molecule has 0 fully saturated rings. The molecule has 4 rings (SSSR count). The fourth-order valence-corrected chi connectivity index (χ4v) is 3.12. The smallest absolute Gasteiger partial charge is 0.141 e.